The summed E-state index contributed by atoms with van der Waals surface area (Å²) in [4.78, 5) is 24.7. The number of carbonyl (C=O) groups excluding carboxylic acids is 2. The molecule has 0 saturated heterocycles. The van der Waals surface area contributed by atoms with E-state index in [9.17, 15) is 9.59 Å². The minimum absolute atomic E-state index is 0.105. The zero-order valence-corrected chi connectivity index (χ0v) is 15.3. The summed E-state index contributed by atoms with van der Waals surface area (Å²) in [5.74, 6) is 0.214. The maximum absolute atomic E-state index is 12.4. The van der Waals surface area contributed by atoms with Crippen LogP contribution in [0.5, 0.6) is 5.75 Å². The standard InChI is InChI=1S/C21H21NO4/c1-5-26-21(24)18-12-19-17(15-7-6-8-16(11-15)25-4)9-10-22(19)20(13(18)2)14(3)23/h6-12H,5H2,1-4H3. The van der Waals surface area contributed by atoms with E-state index >= 15 is 0 Å². The van der Waals surface area contributed by atoms with Gasteiger partial charge in [-0.1, -0.05) is 12.1 Å². The summed E-state index contributed by atoms with van der Waals surface area (Å²) in [6.07, 6.45) is 1.85. The van der Waals surface area contributed by atoms with Crippen molar-refractivity contribution in [1.82, 2.24) is 4.40 Å². The van der Waals surface area contributed by atoms with E-state index in [2.05, 4.69) is 0 Å². The largest absolute Gasteiger partial charge is 0.497 e. The van der Waals surface area contributed by atoms with E-state index in [4.69, 9.17) is 9.47 Å². The van der Waals surface area contributed by atoms with Gasteiger partial charge in [-0.25, -0.2) is 4.79 Å². The van der Waals surface area contributed by atoms with Gasteiger partial charge in [-0.15, -0.1) is 0 Å². The van der Waals surface area contributed by atoms with Crippen LogP contribution in [0.15, 0.2) is 42.6 Å². The predicted molar refractivity (Wildman–Crippen MR) is 100 cm³/mol. The van der Waals surface area contributed by atoms with Crippen molar-refractivity contribution in [2.45, 2.75) is 20.8 Å². The number of hydrogen-bond acceptors (Lipinski definition) is 4. The van der Waals surface area contributed by atoms with E-state index in [0.717, 1.165) is 22.4 Å². The number of aromatic nitrogens is 1. The Balaban J connectivity index is 2.30. The first kappa shape index (κ1) is 17.7. The molecule has 2 heterocycles. The number of fused-ring (bicyclic) bond motifs is 1. The highest BCUT2D eigenvalue weighted by atomic mass is 16.5. The van der Waals surface area contributed by atoms with Crippen LogP contribution in [0.4, 0.5) is 0 Å². The summed E-state index contributed by atoms with van der Waals surface area (Å²) in [7, 11) is 1.62. The molecular formula is C21H21NO4. The molecule has 0 fully saturated rings. The van der Waals surface area contributed by atoms with Crippen LogP contribution >= 0.6 is 0 Å². The normalized spacial score (nSPS) is 10.8. The molecule has 0 spiro atoms. The van der Waals surface area contributed by atoms with Crippen molar-refractivity contribution in [1.29, 1.82) is 0 Å². The molecule has 5 heteroatoms. The number of esters is 1. The van der Waals surface area contributed by atoms with E-state index in [-0.39, 0.29) is 12.4 Å². The van der Waals surface area contributed by atoms with Gasteiger partial charge in [0.2, 0.25) is 0 Å². The highest BCUT2D eigenvalue weighted by molar-refractivity contribution is 6.02. The molecule has 2 aromatic heterocycles. The lowest BCUT2D eigenvalue weighted by atomic mass is 10.0. The van der Waals surface area contributed by atoms with Crippen LogP contribution in [0, 0.1) is 6.92 Å². The maximum Gasteiger partial charge on any atom is 0.338 e. The number of carbonyl (C=O) groups is 2. The summed E-state index contributed by atoms with van der Waals surface area (Å²) in [6, 6.07) is 11.4. The number of methoxy groups -OCH3 is 1. The zero-order chi connectivity index (χ0) is 18.8. The van der Waals surface area contributed by atoms with Crippen molar-refractivity contribution in [2.24, 2.45) is 0 Å². The van der Waals surface area contributed by atoms with Gasteiger partial charge in [0.15, 0.2) is 5.78 Å². The van der Waals surface area contributed by atoms with Crippen molar-refractivity contribution >= 4 is 17.3 Å². The fraction of sp³-hybridized carbons (Fsp3) is 0.238. The number of nitrogens with zero attached hydrogens (tertiary/aromatic N) is 1. The number of pyridine rings is 1. The highest BCUT2D eigenvalue weighted by Gasteiger charge is 2.21. The van der Waals surface area contributed by atoms with Crippen LogP contribution in [0.2, 0.25) is 0 Å². The van der Waals surface area contributed by atoms with Gasteiger partial charge in [0.25, 0.3) is 0 Å². The van der Waals surface area contributed by atoms with Gasteiger partial charge in [0.05, 0.1) is 30.5 Å². The smallest absolute Gasteiger partial charge is 0.338 e. The molecule has 0 radical (unpaired) electrons. The summed E-state index contributed by atoms with van der Waals surface area (Å²) in [5, 5.41) is 0. The summed E-state index contributed by atoms with van der Waals surface area (Å²) >= 11 is 0. The molecule has 0 unspecified atom stereocenters. The lowest BCUT2D eigenvalue weighted by molar-refractivity contribution is 0.0525. The quantitative estimate of drug-likeness (QED) is 0.508. The molecule has 0 bridgehead atoms. The second-order valence-corrected chi connectivity index (χ2v) is 6.02. The lowest BCUT2D eigenvalue weighted by Crippen LogP contribution is -2.13. The third-order valence-electron chi connectivity index (χ3n) is 4.42. The molecule has 3 aromatic rings. The predicted octanol–water partition coefficient (Wildman–Crippen LogP) is 4.30. The number of ether oxygens (including phenoxy) is 2. The van der Waals surface area contributed by atoms with Gasteiger partial charge in [0, 0.05) is 18.7 Å². The van der Waals surface area contributed by atoms with Crippen LogP contribution < -0.4 is 4.74 Å². The minimum Gasteiger partial charge on any atom is -0.497 e. The van der Waals surface area contributed by atoms with Gasteiger partial charge in [-0.2, -0.15) is 0 Å². The molecular weight excluding hydrogens is 330 g/mol. The molecule has 0 N–H and O–H groups in total. The van der Waals surface area contributed by atoms with E-state index in [1.54, 1.807) is 27.0 Å². The Labute approximate surface area is 152 Å². The molecule has 1 aromatic carbocycles. The molecule has 3 rings (SSSR count). The monoisotopic (exact) mass is 351 g/mol. The van der Waals surface area contributed by atoms with Crippen LogP contribution in [-0.2, 0) is 4.74 Å². The van der Waals surface area contributed by atoms with Crippen molar-refractivity contribution in [2.75, 3.05) is 13.7 Å². The van der Waals surface area contributed by atoms with E-state index in [0.29, 0.717) is 16.8 Å². The first-order valence-corrected chi connectivity index (χ1v) is 8.45. The summed E-state index contributed by atoms with van der Waals surface area (Å²) in [5.41, 5.74) is 4.15. The molecule has 5 nitrogen and oxygen atoms in total. The molecule has 0 aliphatic heterocycles. The number of hydrogen-bond donors (Lipinski definition) is 0. The molecule has 26 heavy (non-hydrogen) atoms. The lowest BCUT2D eigenvalue weighted by Gasteiger charge is -2.13. The minimum atomic E-state index is -0.423. The Bertz CT molecular complexity index is 1000. The van der Waals surface area contributed by atoms with Crippen LogP contribution in [-0.4, -0.2) is 29.9 Å². The number of Topliss-reactive ketones (excluding diaryl/α,β-unsaturated/α-hetero) is 1. The maximum atomic E-state index is 12.4. The Kier molecular flexibility index (Phi) is 4.80. The van der Waals surface area contributed by atoms with Crippen molar-refractivity contribution < 1.29 is 19.1 Å². The molecule has 0 aliphatic rings. The fourth-order valence-corrected chi connectivity index (χ4v) is 3.23. The summed E-state index contributed by atoms with van der Waals surface area (Å²) < 4.78 is 12.3. The molecule has 0 saturated carbocycles. The SMILES string of the molecule is CCOC(=O)c1cc2c(-c3cccc(OC)c3)ccn2c(C(C)=O)c1C. The van der Waals surface area contributed by atoms with Gasteiger partial charge in [0.1, 0.15) is 5.75 Å². The fourth-order valence-electron chi connectivity index (χ4n) is 3.23. The van der Waals surface area contributed by atoms with Gasteiger partial charge in [-0.3, -0.25) is 4.79 Å². The zero-order valence-electron chi connectivity index (χ0n) is 15.3. The molecule has 0 atom stereocenters. The van der Waals surface area contributed by atoms with Gasteiger partial charge in [-0.05, 0) is 49.2 Å². The topological polar surface area (TPSA) is 57.0 Å². The third-order valence-corrected chi connectivity index (χ3v) is 4.42. The number of benzene rings is 1. The second kappa shape index (κ2) is 7.04. The van der Waals surface area contributed by atoms with Crippen LogP contribution in [0.25, 0.3) is 16.6 Å². The Morgan fingerprint density at radius 2 is 1.92 bits per heavy atom. The van der Waals surface area contributed by atoms with E-state index in [1.165, 1.54) is 6.92 Å². The number of rotatable bonds is 5. The Hall–Kier alpha value is -3.08. The van der Waals surface area contributed by atoms with Gasteiger partial charge >= 0.3 is 5.97 Å². The molecule has 134 valence electrons. The van der Waals surface area contributed by atoms with Crippen LogP contribution in [0.3, 0.4) is 0 Å². The number of ketones is 1. The summed E-state index contributed by atoms with van der Waals surface area (Å²) in [6.45, 7) is 5.31. The molecule has 0 aliphatic carbocycles. The molecule has 0 amide bonds. The van der Waals surface area contributed by atoms with Crippen LogP contribution in [0.1, 0.15) is 40.3 Å². The highest BCUT2D eigenvalue weighted by Crippen LogP contribution is 2.31. The van der Waals surface area contributed by atoms with Crippen molar-refractivity contribution in [3.8, 4) is 16.9 Å². The third kappa shape index (κ3) is 2.96. The first-order chi connectivity index (χ1) is 12.5. The average Bonchev–Trinajstić information content (AvgIpc) is 3.04. The van der Waals surface area contributed by atoms with Crippen molar-refractivity contribution in [3.05, 3.63) is 59.4 Å². The first-order valence-electron chi connectivity index (χ1n) is 8.45. The van der Waals surface area contributed by atoms with Gasteiger partial charge < -0.3 is 13.9 Å². The second-order valence-electron chi connectivity index (χ2n) is 6.02. The van der Waals surface area contributed by atoms with E-state index < -0.39 is 5.97 Å². The van der Waals surface area contributed by atoms with Crippen molar-refractivity contribution in [3.63, 3.8) is 0 Å². The van der Waals surface area contributed by atoms with E-state index in [1.807, 2.05) is 40.9 Å². The average molecular weight is 351 g/mol. The Morgan fingerprint density at radius 1 is 1.15 bits per heavy atom. The Morgan fingerprint density at radius 3 is 2.58 bits per heavy atom.